The molecule has 0 aliphatic heterocycles. The minimum atomic E-state index is -0.443. The lowest BCUT2D eigenvalue weighted by molar-refractivity contribution is 0.626. The first kappa shape index (κ1) is 12.4. The molecule has 0 spiro atoms. The molecular weight excluding hydrogens is 262 g/mol. The number of aryl methyl sites for hydroxylation is 1. The van der Waals surface area contributed by atoms with Gasteiger partial charge in [-0.3, -0.25) is 0 Å². The van der Waals surface area contributed by atoms with E-state index in [4.69, 9.17) is 23.2 Å². The molecule has 0 saturated carbocycles. The van der Waals surface area contributed by atoms with Crippen LogP contribution in [0.15, 0.2) is 30.6 Å². The first-order valence-electron chi connectivity index (χ1n) is 5.25. The molecule has 0 radical (unpaired) electrons. The minimum absolute atomic E-state index is 0.114. The van der Waals surface area contributed by atoms with E-state index in [2.05, 4.69) is 5.10 Å². The maximum atomic E-state index is 13.3. The Hall–Kier alpha value is -1.06. The third-order valence-corrected chi connectivity index (χ3v) is 2.98. The molecule has 5 heteroatoms. The molecular formula is C12H11Cl2FN2. The van der Waals surface area contributed by atoms with Gasteiger partial charge < -0.3 is 0 Å². The Morgan fingerprint density at radius 1 is 1.35 bits per heavy atom. The van der Waals surface area contributed by atoms with E-state index >= 15 is 0 Å². The molecule has 0 atom stereocenters. The van der Waals surface area contributed by atoms with Gasteiger partial charge in [-0.05, 0) is 30.5 Å². The average Bonchev–Trinajstić information content (AvgIpc) is 2.79. The van der Waals surface area contributed by atoms with Crippen molar-refractivity contribution in [2.75, 3.05) is 5.88 Å². The summed E-state index contributed by atoms with van der Waals surface area (Å²) >= 11 is 11.2. The predicted molar refractivity (Wildman–Crippen MR) is 67.6 cm³/mol. The molecule has 0 fully saturated rings. The van der Waals surface area contributed by atoms with Gasteiger partial charge in [0.05, 0.1) is 16.9 Å². The summed E-state index contributed by atoms with van der Waals surface area (Å²) in [7, 11) is 0. The number of alkyl halides is 1. The van der Waals surface area contributed by atoms with E-state index in [9.17, 15) is 4.39 Å². The average molecular weight is 273 g/mol. The lowest BCUT2D eigenvalue weighted by atomic mass is 10.2. The van der Waals surface area contributed by atoms with Crippen LogP contribution < -0.4 is 0 Å². The monoisotopic (exact) mass is 272 g/mol. The Balaban J connectivity index is 2.21. The second-order valence-corrected chi connectivity index (χ2v) is 4.47. The molecule has 1 heterocycles. The van der Waals surface area contributed by atoms with E-state index in [0.29, 0.717) is 11.6 Å². The first-order chi connectivity index (χ1) is 8.20. The van der Waals surface area contributed by atoms with Gasteiger partial charge >= 0.3 is 0 Å². The zero-order chi connectivity index (χ0) is 12.3. The summed E-state index contributed by atoms with van der Waals surface area (Å²) in [6.45, 7) is 0. The lowest BCUT2D eigenvalue weighted by Gasteiger charge is -2.01. The van der Waals surface area contributed by atoms with Gasteiger partial charge in [0.25, 0.3) is 0 Å². The maximum absolute atomic E-state index is 13.3. The quantitative estimate of drug-likeness (QED) is 0.774. The molecule has 1 aromatic heterocycles. The van der Waals surface area contributed by atoms with E-state index in [-0.39, 0.29) is 5.02 Å². The van der Waals surface area contributed by atoms with Crippen LogP contribution in [-0.4, -0.2) is 15.7 Å². The zero-order valence-electron chi connectivity index (χ0n) is 9.04. The summed E-state index contributed by atoms with van der Waals surface area (Å²) in [6, 6.07) is 4.61. The van der Waals surface area contributed by atoms with Crippen molar-refractivity contribution in [2.45, 2.75) is 12.8 Å². The number of aromatic nitrogens is 2. The van der Waals surface area contributed by atoms with Crippen LogP contribution in [0.3, 0.4) is 0 Å². The summed E-state index contributed by atoms with van der Waals surface area (Å²) < 4.78 is 14.9. The molecule has 0 bridgehead atoms. The highest BCUT2D eigenvalue weighted by Crippen LogP contribution is 2.18. The molecule has 1 aromatic carbocycles. The van der Waals surface area contributed by atoms with Gasteiger partial charge in [-0.15, -0.1) is 11.6 Å². The summed E-state index contributed by atoms with van der Waals surface area (Å²) in [5.74, 6) is 0.183. The van der Waals surface area contributed by atoms with E-state index in [0.717, 1.165) is 18.4 Å². The van der Waals surface area contributed by atoms with Crippen LogP contribution in [0.25, 0.3) is 5.69 Å². The van der Waals surface area contributed by atoms with Crippen molar-refractivity contribution >= 4 is 23.2 Å². The molecule has 2 aromatic rings. The predicted octanol–water partition coefficient (Wildman–Crippen LogP) is 3.84. The summed E-state index contributed by atoms with van der Waals surface area (Å²) in [5.41, 5.74) is 1.74. The number of hydrogen-bond donors (Lipinski definition) is 0. The van der Waals surface area contributed by atoms with Crippen molar-refractivity contribution in [2.24, 2.45) is 0 Å². The van der Waals surface area contributed by atoms with Crippen molar-refractivity contribution in [3.05, 3.63) is 47.0 Å². The highest BCUT2D eigenvalue weighted by molar-refractivity contribution is 6.30. The van der Waals surface area contributed by atoms with Gasteiger partial charge in [0.15, 0.2) is 0 Å². The number of rotatable bonds is 4. The number of halogens is 3. The third-order valence-electron chi connectivity index (χ3n) is 2.40. The normalized spacial score (nSPS) is 10.8. The molecule has 0 amide bonds. The van der Waals surface area contributed by atoms with Crippen molar-refractivity contribution in [3.8, 4) is 5.69 Å². The number of nitrogens with zero attached hydrogens (tertiary/aromatic N) is 2. The number of benzene rings is 1. The van der Waals surface area contributed by atoms with Crippen LogP contribution in [0, 0.1) is 5.82 Å². The van der Waals surface area contributed by atoms with Crippen LogP contribution in [-0.2, 0) is 6.42 Å². The van der Waals surface area contributed by atoms with Gasteiger partial charge in [-0.1, -0.05) is 11.6 Å². The maximum Gasteiger partial charge on any atom is 0.143 e. The van der Waals surface area contributed by atoms with Crippen LogP contribution in [0.2, 0.25) is 5.02 Å². The molecule has 90 valence electrons. The molecule has 0 saturated heterocycles. The molecule has 0 N–H and O–H groups in total. The molecule has 0 aliphatic rings. The van der Waals surface area contributed by atoms with Crippen LogP contribution in [0.4, 0.5) is 4.39 Å². The van der Waals surface area contributed by atoms with Gasteiger partial charge in [-0.2, -0.15) is 5.10 Å². The van der Waals surface area contributed by atoms with E-state index in [1.54, 1.807) is 16.9 Å². The minimum Gasteiger partial charge on any atom is -0.241 e. The van der Waals surface area contributed by atoms with Crippen molar-refractivity contribution in [1.82, 2.24) is 9.78 Å². The third kappa shape index (κ3) is 2.99. The highest BCUT2D eigenvalue weighted by atomic mass is 35.5. The summed E-state index contributed by atoms with van der Waals surface area (Å²) in [5, 5.41) is 4.29. The van der Waals surface area contributed by atoms with E-state index in [1.807, 2.05) is 6.20 Å². The molecule has 2 rings (SSSR count). The summed E-state index contributed by atoms with van der Waals surface area (Å²) in [4.78, 5) is 0. The second-order valence-electron chi connectivity index (χ2n) is 3.68. The Kier molecular flexibility index (Phi) is 4.02. The van der Waals surface area contributed by atoms with E-state index < -0.39 is 5.82 Å². The standard InChI is InChI=1S/C12H11Cl2FN2/c13-5-1-2-9-7-16-17(8-9)10-3-4-11(14)12(15)6-10/h3-4,6-8H,1-2,5H2. The second kappa shape index (κ2) is 5.52. The largest absolute Gasteiger partial charge is 0.241 e. The summed E-state index contributed by atoms with van der Waals surface area (Å²) in [6.07, 6.45) is 5.41. The highest BCUT2D eigenvalue weighted by Gasteiger charge is 2.04. The number of hydrogen-bond acceptors (Lipinski definition) is 1. The van der Waals surface area contributed by atoms with Gasteiger partial charge in [-0.25, -0.2) is 9.07 Å². The van der Waals surface area contributed by atoms with Crippen LogP contribution in [0.5, 0.6) is 0 Å². The topological polar surface area (TPSA) is 17.8 Å². The van der Waals surface area contributed by atoms with Crippen LogP contribution in [0.1, 0.15) is 12.0 Å². The first-order valence-corrected chi connectivity index (χ1v) is 6.17. The van der Waals surface area contributed by atoms with Gasteiger partial charge in [0, 0.05) is 18.1 Å². The van der Waals surface area contributed by atoms with Gasteiger partial charge in [0.2, 0.25) is 0 Å². The molecule has 2 nitrogen and oxygen atoms in total. The fourth-order valence-electron chi connectivity index (χ4n) is 1.53. The SMILES string of the molecule is Fc1cc(-n2cc(CCCCl)cn2)ccc1Cl. The van der Waals surface area contributed by atoms with Crippen molar-refractivity contribution in [3.63, 3.8) is 0 Å². The Morgan fingerprint density at radius 3 is 2.88 bits per heavy atom. The van der Waals surface area contributed by atoms with Gasteiger partial charge in [0.1, 0.15) is 5.82 Å². The lowest BCUT2D eigenvalue weighted by Crippen LogP contribution is -1.95. The Morgan fingerprint density at radius 2 is 2.18 bits per heavy atom. The fourth-order valence-corrected chi connectivity index (χ4v) is 1.78. The zero-order valence-corrected chi connectivity index (χ0v) is 10.5. The Bertz CT molecular complexity index is 511. The van der Waals surface area contributed by atoms with Crippen molar-refractivity contribution in [1.29, 1.82) is 0 Å². The smallest absolute Gasteiger partial charge is 0.143 e. The fraction of sp³-hybridized carbons (Fsp3) is 0.250. The van der Waals surface area contributed by atoms with Crippen LogP contribution >= 0.6 is 23.2 Å². The molecule has 0 unspecified atom stereocenters. The molecule has 0 aliphatic carbocycles. The van der Waals surface area contributed by atoms with Crippen molar-refractivity contribution < 1.29 is 4.39 Å². The Labute approximate surface area is 109 Å². The molecule has 17 heavy (non-hydrogen) atoms. The van der Waals surface area contributed by atoms with E-state index in [1.165, 1.54) is 12.1 Å².